The first-order valence-electron chi connectivity index (χ1n) is 7.98. The summed E-state index contributed by atoms with van der Waals surface area (Å²) in [5.74, 6) is 1.37. The van der Waals surface area contributed by atoms with Gasteiger partial charge in [0.1, 0.15) is 11.5 Å². The first-order valence-corrected chi connectivity index (χ1v) is 7.98. The topological polar surface area (TPSA) is 47.6 Å². The number of carbonyl (C=O) groups excluding carboxylic acids is 1. The maximum atomic E-state index is 12.4. The van der Waals surface area contributed by atoms with Crippen LogP contribution in [0.1, 0.15) is 11.1 Å². The number of anilines is 1. The predicted octanol–water partition coefficient (Wildman–Crippen LogP) is 4.35. The number of hydrogen-bond acceptors (Lipinski definition) is 3. The number of rotatable bonds is 3. The highest BCUT2D eigenvalue weighted by Crippen LogP contribution is 2.37. The van der Waals surface area contributed by atoms with Crippen molar-refractivity contribution >= 4 is 34.0 Å². The Morgan fingerprint density at radius 3 is 2.56 bits per heavy atom. The Bertz CT molecular complexity index is 1020. The largest absolute Gasteiger partial charge is 0.497 e. The molecule has 4 heteroatoms. The van der Waals surface area contributed by atoms with Crippen LogP contribution in [0.5, 0.6) is 11.5 Å². The zero-order chi connectivity index (χ0) is 17.4. The quantitative estimate of drug-likeness (QED) is 0.726. The van der Waals surface area contributed by atoms with Crippen LogP contribution in [0.3, 0.4) is 0 Å². The Balaban J connectivity index is 1.98. The molecule has 0 aromatic heterocycles. The minimum atomic E-state index is -0.108. The van der Waals surface area contributed by atoms with Crippen LogP contribution in [0.4, 0.5) is 5.69 Å². The van der Waals surface area contributed by atoms with Gasteiger partial charge in [-0.2, -0.15) is 0 Å². The highest BCUT2D eigenvalue weighted by Gasteiger charge is 2.24. The molecule has 0 fully saturated rings. The monoisotopic (exact) mass is 331 g/mol. The molecule has 1 amide bonds. The lowest BCUT2D eigenvalue weighted by Crippen LogP contribution is -2.03. The van der Waals surface area contributed by atoms with Crippen LogP contribution in [0.2, 0.25) is 0 Å². The first-order chi connectivity index (χ1) is 12.2. The molecule has 1 heterocycles. The third kappa shape index (κ3) is 2.52. The van der Waals surface area contributed by atoms with Crippen LogP contribution in [-0.2, 0) is 4.79 Å². The van der Waals surface area contributed by atoms with Crippen LogP contribution in [0.25, 0.3) is 22.4 Å². The first kappa shape index (κ1) is 15.3. The fourth-order valence-electron chi connectivity index (χ4n) is 3.18. The van der Waals surface area contributed by atoms with Gasteiger partial charge in [-0.15, -0.1) is 0 Å². The zero-order valence-corrected chi connectivity index (χ0v) is 14.0. The van der Waals surface area contributed by atoms with Crippen molar-refractivity contribution in [2.45, 2.75) is 0 Å². The molecule has 0 unspecified atom stereocenters. The molecule has 3 aromatic carbocycles. The smallest absolute Gasteiger partial charge is 0.256 e. The molecule has 4 rings (SSSR count). The van der Waals surface area contributed by atoms with Crippen LogP contribution in [0.15, 0.2) is 54.6 Å². The number of methoxy groups -OCH3 is 2. The number of nitrogens with one attached hydrogen (secondary N) is 1. The van der Waals surface area contributed by atoms with Gasteiger partial charge in [0.05, 0.1) is 14.2 Å². The van der Waals surface area contributed by atoms with Crippen LogP contribution < -0.4 is 14.8 Å². The summed E-state index contributed by atoms with van der Waals surface area (Å²) in [5, 5.41) is 4.93. The third-order valence-corrected chi connectivity index (χ3v) is 4.45. The van der Waals surface area contributed by atoms with Gasteiger partial charge >= 0.3 is 0 Å². The number of benzene rings is 3. The molecule has 0 bridgehead atoms. The number of para-hydroxylation sites is 1. The summed E-state index contributed by atoms with van der Waals surface area (Å²) in [4.78, 5) is 12.4. The van der Waals surface area contributed by atoms with Gasteiger partial charge < -0.3 is 14.8 Å². The Morgan fingerprint density at radius 1 is 0.960 bits per heavy atom. The van der Waals surface area contributed by atoms with Gasteiger partial charge in [-0.25, -0.2) is 0 Å². The normalized spacial score (nSPS) is 14.5. The second-order valence-corrected chi connectivity index (χ2v) is 5.83. The highest BCUT2D eigenvalue weighted by atomic mass is 16.5. The van der Waals surface area contributed by atoms with E-state index >= 15 is 0 Å². The third-order valence-electron chi connectivity index (χ3n) is 4.45. The number of hydrogen-bond donors (Lipinski definition) is 1. The molecule has 1 aliphatic rings. The van der Waals surface area contributed by atoms with Crippen molar-refractivity contribution in [3.8, 4) is 11.5 Å². The van der Waals surface area contributed by atoms with E-state index in [1.54, 1.807) is 14.2 Å². The number of fused-ring (bicyclic) bond motifs is 2. The molecule has 4 nitrogen and oxygen atoms in total. The average molecular weight is 331 g/mol. The second kappa shape index (κ2) is 5.98. The van der Waals surface area contributed by atoms with Crippen molar-refractivity contribution in [1.29, 1.82) is 0 Å². The molecular weight excluding hydrogens is 314 g/mol. The van der Waals surface area contributed by atoms with E-state index in [1.807, 2.05) is 60.7 Å². The van der Waals surface area contributed by atoms with Crippen LogP contribution in [0, 0.1) is 0 Å². The Kier molecular flexibility index (Phi) is 3.65. The van der Waals surface area contributed by atoms with E-state index in [0.717, 1.165) is 33.3 Å². The van der Waals surface area contributed by atoms with Crippen LogP contribution in [-0.4, -0.2) is 20.1 Å². The number of amides is 1. The van der Waals surface area contributed by atoms with Crippen molar-refractivity contribution in [1.82, 2.24) is 0 Å². The zero-order valence-electron chi connectivity index (χ0n) is 14.0. The summed E-state index contributed by atoms with van der Waals surface area (Å²) in [6.07, 6.45) is 1.89. The molecule has 25 heavy (non-hydrogen) atoms. The molecule has 124 valence electrons. The van der Waals surface area contributed by atoms with Crippen molar-refractivity contribution in [2.75, 3.05) is 19.5 Å². The fraction of sp³-hybridized carbons (Fsp3) is 0.0952. The van der Waals surface area contributed by atoms with E-state index < -0.39 is 0 Å². The SMILES string of the molecule is COc1ccc2ccc(OC)c(C=C3C(=O)Nc4ccccc43)c2c1. The summed E-state index contributed by atoms with van der Waals surface area (Å²) in [6, 6.07) is 17.5. The average Bonchev–Trinajstić information content (AvgIpc) is 2.97. The summed E-state index contributed by atoms with van der Waals surface area (Å²) >= 11 is 0. The van der Waals surface area contributed by atoms with Crippen molar-refractivity contribution < 1.29 is 14.3 Å². The summed E-state index contributed by atoms with van der Waals surface area (Å²) in [5.41, 5.74) is 3.22. The summed E-state index contributed by atoms with van der Waals surface area (Å²) in [7, 11) is 3.27. The van der Waals surface area contributed by atoms with E-state index in [1.165, 1.54) is 0 Å². The molecule has 0 saturated heterocycles. The maximum absolute atomic E-state index is 12.4. The Morgan fingerprint density at radius 2 is 1.76 bits per heavy atom. The van der Waals surface area contributed by atoms with E-state index in [4.69, 9.17) is 9.47 Å². The highest BCUT2D eigenvalue weighted by molar-refractivity contribution is 6.35. The Hall–Kier alpha value is -3.27. The van der Waals surface area contributed by atoms with Gasteiger partial charge in [0.15, 0.2) is 0 Å². The molecule has 3 aromatic rings. The molecule has 0 aliphatic carbocycles. The minimum Gasteiger partial charge on any atom is -0.497 e. The molecule has 1 aliphatic heterocycles. The van der Waals surface area contributed by atoms with E-state index in [-0.39, 0.29) is 5.91 Å². The van der Waals surface area contributed by atoms with Crippen molar-refractivity contribution in [3.63, 3.8) is 0 Å². The molecule has 0 atom stereocenters. The van der Waals surface area contributed by atoms with Gasteiger partial charge in [-0.1, -0.05) is 30.3 Å². The van der Waals surface area contributed by atoms with Gasteiger partial charge in [0.2, 0.25) is 0 Å². The second-order valence-electron chi connectivity index (χ2n) is 5.83. The van der Waals surface area contributed by atoms with Gasteiger partial charge in [-0.05, 0) is 41.1 Å². The lowest BCUT2D eigenvalue weighted by atomic mass is 9.98. The van der Waals surface area contributed by atoms with Gasteiger partial charge in [0.25, 0.3) is 5.91 Å². The van der Waals surface area contributed by atoms with Gasteiger partial charge in [-0.3, -0.25) is 4.79 Å². The molecular formula is C21H17NO3. The number of ether oxygens (including phenoxy) is 2. The van der Waals surface area contributed by atoms with E-state index in [0.29, 0.717) is 11.3 Å². The van der Waals surface area contributed by atoms with E-state index in [9.17, 15) is 4.79 Å². The molecule has 0 spiro atoms. The van der Waals surface area contributed by atoms with Crippen molar-refractivity contribution in [3.05, 3.63) is 65.7 Å². The molecule has 0 saturated carbocycles. The Labute approximate surface area is 145 Å². The minimum absolute atomic E-state index is 0.108. The standard InChI is InChI=1S/C21H17NO3/c1-24-14-9-7-13-8-10-20(25-2)17(16(13)11-14)12-18-15-5-3-4-6-19(15)22-21(18)23/h3-12H,1-2H3,(H,22,23). The summed E-state index contributed by atoms with van der Waals surface area (Å²) < 4.78 is 10.9. The summed E-state index contributed by atoms with van der Waals surface area (Å²) in [6.45, 7) is 0. The number of carbonyl (C=O) groups is 1. The lowest BCUT2D eigenvalue weighted by molar-refractivity contribution is -0.110. The van der Waals surface area contributed by atoms with Crippen LogP contribution >= 0.6 is 0 Å². The fourth-order valence-corrected chi connectivity index (χ4v) is 3.18. The van der Waals surface area contributed by atoms with E-state index in [2.05, 4.69) is 5.32 Å². The lowest BCUT2D eigenvalue weighted by Gasteiger charge is -2.11. The molecule has 1 N–H and O–H groups in total. The molecule has 0 radical (unpaired) electrons. The van der Waals surface area contributed by atoms with Crippen molar-refractivity contribution in [2.24, 2.45) is 0 Å². The predicted molar refractivity (Wildman–Crippen MR) is 100.0 cm³/mol. The maximum Gasteiger partial charge on any atom is 0.256 e. The van der Waals surface area contributed by atoms with Gasteiger partial charge in [0, 0.05) is 22.4 Å².